The Bertz CT molecular complexity index is 666. The van der Waals surface area contributed by atoms with E-state index in [-0.39, 0.29) is 17.9 Å². The van der Waals surface area contributed by atoms with E-state index in [1.54, 1.807) is 12.1 Å². The second kappa shape index (κ2) is 7.74. The maximum absolute atomic E-state index is 12.0. The molecule has 0 aliphatic carbocycles. The summed E-state index contributed by atoms with van der Waals surface area (Å²) in [6.45, 7) is 5.21. The molecule has 0 saturated heterocycles. The Labute approximate surface area is 130 Å². The molecular weight excluding hydrogens is 306 g/mol. The second-order valence-electron chi connectivity index (χ2n) is 4.85. The van der Waals surface area contributed by atoms with Crippen molar-refractivity contribution in [3.8, 4) is 0 Å². The lowest BCUT2D eigenvalue weighted by Gasteiger charge is -2.13. The molecule has 22 heavy (non-hydrogen) atoms. The topological polar surface area (TPSA) is 89.5 Å². The number of rotatable bonds is 7. The Morgan fingerprint density at radius 1 is 1.41 bits per heavy atom. The fraction of sp³-hybridized carbons (Fsp3) is 0.333. The molecule has 0 aliphatic rings. The van der Waals surface area contributed by atoms with Crippen molar-refractivity contribution < 1.29 is 22.7 Å². The first-order valence-corrected chi connectivity index (χ1v) is 8.65. The zero-order chi connectivity index (χ0) is 16.8. The van der Waals surface area contributed by atoms with E-state index in [4.69, 9.17) is 4.74 Å². The Morgan fingerprint density at radius 2 is 2.09 bits per heavy atom. The van der Waals surface area contributed by atoms with E-state index in [0.29, 0.717) is 5.56 Å². The van der Waals surface area contributed by atoms with Crippen LogP contribution in [0.4, 0.5) is 0 Å². The predicted molar refractivity (Wildman–Crippen MR) is 83.1 cm³/mol. The van der Waals surface area contributed by atoms with Crippen LogP contribution in [0, 0.1) is 0 Å². The van der Waals surface area contributed by atoms with E-state index >= 15 is 0 Å². The van der Waals surface area contributed by atoms with Crippen LogP contribution in [0.25, 0.3) is 0 Å². The molecule has 7 heteroatoms. The molecule has 0 bridgehead atoms. The van der Waals surface area contributed by atoms with Gasteiger partial charge >= 0.3 is 5.97 Å². The highest BCUT2D eigenvalue weighted by Crippen LogP contribution is 2.11. The number of sulfone groups is 1. The maximum atomic E-state index is 12.0. The third kappa shape index (κ3) is 6.09. The fourth-order valence-corrected chi connectivity index (χ4v) is 2.47. The minimum Gasteiger partial charge on any atom is -0.449 e. The van der Waals surface area contributed by atoms with Crippen LogP contribution < -0.4 is 5.32 Å². The maximum Gasteiger partial charge on any atom is 0.338 e. The Morgan fingerprint density at radius 3 is 2.68 bits per heavy atom. The number of nitrogens with one attached hydrogen (secondary N) is 1. The molecule has 1 rings (SSSR count). The monoisotopic (exact) mass is 325 g/mol. The number of hydrogen-bond acceptors (Lipinski definition) is 5. The van der Waals surface area contributed by atoms with Gasteiger partial charge in [0.2, 0.25) is 0 Å². The molecule has 1 unspecified atom stereocenters. The summed E-state index contributed by atoms with van der Waals surface area (Å²) in [5.41, 5.74) is 0.685. The molecule has 0 saturated carbocycles. The lowest BCUT2D eigenvalue weighted by molar-refractivity contribution is -0.128. The van der Waals surface area contributed by atoms with Crippen LogP contribution in [0.1, 0.15) is 22.8 Å². The van der Waals surface area contributed by atoms with Gasteiger partial charge in [-0.25, -0.2) is 13.2 Å². The van der Waals surface area contributed by atoms with Crippen LogP contribution >= 0.6 is 0 Å². The normalized spacial score (nSPS) is 12.3. The van der Waals surface area contributed by atoms with Gasteiger partial charge in [0.15, 0.2) is 15.9 Å². The van der Waals surface area contributed by atoms with Crippen LogP contribution in [-0.4, -0.2) is 39.2 Å². The molecule has 0 heterocycles. The largest absolute Gasteiger partial charge is 0.449 e. The lowest BCUT2D eigenvalue weighted by Crippen LogP contribution is -2.35. The van der Waals surface area contributed by atoms with E-state index in [1.165, 1.54) is 25.1 Å². The summed E-state index contributed by atoms with van der Waals surface area (Å²) in [4.78, 5) is 23.6. The third-order valence-corrected chi connectivity index (χ3v) is 3.52. The predicted octanol–water partition coefficient (Wildman–Crippen LogP) is 1.08. The summed E-state index contributed by atoms with van der Waals surface area (Å²) in [7, 11) is -3.19. The summed E-state index contributed by atoms with van der Waals surface area (Å²) in [5, 5.41) is 2.52. The fourth-order valence-electron chi connectivity index (χ4n) is 1.69. The van der Waals surface area contributed by atoms with Gasteiger partial charge in [-0.1, -0.05) is 18.2 Å². The minimum atomic E-state index is -3.19. The molecule has 6 nitrogen and oxygen atoms in total. The first kappa shape index (κ1) is 17.9. The molecule has 0 aliphatic heterocycles. The smallest absolute Gasteiger partial charge is 0.338 e. The van der Waals surface area contributed by atoms with Crippen molar-refractivity contribution in [1.82, 2.24) is 5.32 Å². The lowest BCUT2D eigenvalue weighted by atomic mass is 10.1. The average Bonchev–Trinajstić information content (AvgIpc) is 2.43. The number of amides is 1. The average molecular weight is 325 g/mol. The molecule has 1 aromatic carbocycles. The zero-order valence-electron chi connectivity index (χ0n) is 12.5. The van der Waals surface area contributed by atoms with Gasteiger partial charge in [0.1, 0.15) is 0 Å². The first-order chi connectivity index (χ1) is 10.2. The number of benzene rings is 1. The summed E-state index contributed by atoms with van der Waals surface area (Å²) in [6.07, 6.45) is 1.68. The SMILES string of the molecule is C=CCNC(=O)C(C)OC(=O)c1cccc(CS(C)(=O)=O)c1. The number of carbonyl (C=O) groups excluding carboxylic acids is 2. The van der Waals surface area contributed by atoms with E-state index in [1.807, 2.05) is 0 Å². The highest BCUT2D eigenvalue weighted by atomic mass is 32.2. The number of hydrogen-bond donors (Lipinski definition) is 1. The number of ether oxygens (including phenoxy) is 1. The van der Waals surface area contributed by atoms with Gasteiger partial charge in [-0.3, -0.25) is 4.79 Å². The van der Waals surface area contributed by atoms with Gasteiger partial charge in [-0.05, 0) is 24.6 Å². The van der Waals surface area contributed by atoms with Gasteiger partial charge in [0, 0.05) is 12.8 Å². The second-order valence-corrected chi connectivity index (χ2v) is 6.99. The molecule has 1 atom stereocenters. The van der Waals surface area contributed by atoms with Crippen molar-refractivity contribution in [2.24, 2.45) is 0 Å². The summed E-state index contributed by atoms with van der Waals surface area (Å²) in [5.74, 6) is -1.28. The molecule has 1 aromatic rings. The van der Waals surface area contributed by atoms with Crippen LogP contribution in [-0.2, 0) is 25.1 Å². The highest BCUT2D eigenvalue weighted by Gasteiger charge is 2.18. The quantitative estimate of drug-likeness (QED) is 0.598. The van der Waals surface area contributed by atoms with Crippen LogP contribution in [0.15, 0.2) is 36.9 Å². The van der Waals surface area contributed by atoms with E-state index < -0.39 is 27.8 Å². The molecule has 0 aromatic heterocycles. The van der Waals surface area contributed by atoms with E-state index in [9.17, 15) is 18.0 Å². The number of carbonyl (C=O) groups is 2. The van der Waals surface area contributed by atoms with Gasteiger partial charge < -0.3 is 10.1 Å². The van der Waals surface area contributed by atoms with Crippen molar-refractivity contribution >= 4 is 21.7 Å². The molecule has 1 N–H and O–H groups in total. The van der Waals surface area contributed by atoms with Crippen LogP contribution in [0.2, 0.25) is 0 Å². The summed E-state index contributed by atoms with van der Waals surface area (Å²) < 4.78 is 27.6. The molecule has 1 amide bonds. The van der Waals surface area contributed by atoms with Crippen molar-refractivity contribution in [1.29, 1.82) is 0 Å². The zero-order valence-corrected chi connectivity index (χ0v) is 13.4. The van der Waals surface area contributed by atoms with Crippen molar-refractivity contribution in [3.05, 3.63) is 48.0 Å². The molecule has 0 fully saturated rings. The van der Waals surface area contributed by atoms with Crippen LogP contribution in [0.3, 0.4) is 0 Å². The third-order valence-electron chi connectivity index (χ3n) is 2.67. The van der Waals surface area contributed by atoms with E-state index in [2.05, 4.69) is 11.9 Å². The van der Waals surface area contributed by atoms with Gasteiger partial charge in [-0.15, -0.1) is 6.58 Å². The summed E-state index contributed by atoms with van der Waals surface area (Å²) in [6, 6.07) is 6.12. The molecule has 0 spiro atoms. The van der Waals surface area contributed by atoms with Crippen molar-refractivity contribution in [2.45, 2.75) is 18.8 Å². The van der Waals surface area contributed by atoms with Gasteiger partial charge in [0.05, 0.1) is 11.3 Å². The Hall–Kier alpha value is -2.15. The highest BCUT2D eigenvalue weighted by molar-refractivity contribution is 7.89. The number of esters is 1. The van der Waals surface area contributed by atoms with Gasteiger partial charge in [0.25, 0.3) is 5.91 Å². The van der Waals surface area contributed by atoms with E-state index in [0.717, 1.165) is 6.26 Å². The van der Waals surface area contributed by atoms with Crippen molar-refractivity contribution in [3.63, 3.8) is 0 Å². The Balaban J connectivity index is 2.75. The van der Waals surface area contributed by atoms with Gasteiger partial charge in [-0.2, -0.15) is 0 Å². The first-order valence-electron chi connectivity index (χ1n) is 6.59. The standard InChI is InChI=1S/C15H19NO5S/c1-4-8-16-14(17)11(2)21-15(18)13-7-5-6-12(9-13)10-22(3,19)20/h4-7,9,11H,1,8,10H2,2-3H3,(H,16,17). The molecule has 120 valence electrons. The van der Waals surface area contributed by atoms with Crippen LogP contribution in [0.5, 0.6) is 0 Å². The summed E-state index contributed by atoms with van der Waals surface area (Å²) >= 11 is 0. The molecular formula is C15H19NO5S. The molecule has 0 radical (unpaired) electrons. The Kier molecular flexibility index (Phi) is 6.30. The van der Waals surface area contributed by atoms with Crippen molar-refractivity contribution in [2.75, 3.05) is 12.8 Å². The minimum absolute atomic E-state index is 0.163.